The van der Waals surface area contributed by atoms with Gasteiger partial charge in [-0.25, -0.2) is 0 Å². The molecule has 9 heavy (non-hydrogen) atoms. The molecule has 0 aliphatic rings. The number of nitrogens with two attached hydrogens (primary N) is 1. The van der Waals surface area contributed by atoms with E-state index in [1.165, 1.54) is 0 Å². The summed E-state index contributed by atoms with van der Waals surface area (Å²) < 4.78 is 5.17. The quantitative estimate of drug-likeness (QED) is 0.556. The first kappa shape index (κ1) is 8.48. The van der Waals surface area contributed by atoms with E-state index in [1.54, 1.807) is 0 Å². The fourth-order valence-corrected chi connectivity index (χ4v) is 0.356. The molecule has 0 rings (SSSR count). The van der Waals surface area contributed by atoms with Crippen LogP contribution in [0.4, 0.5) is 0 Å². The van der Waals surface area contributed by atoms with Crippen LogP contribution >= 0.6 is 0 Å². The van der Waals surface area contributed by atoms with Crippen molar-refractivity contribution in [1.82, 2.24) is 0 Å². The van der Waals surface area contributed by atoms with E-state index >= 15 is 0 Å². The van der Waals surface area contributed by atoms with Crippen molar-refractivity contribution in [1.29, 1.82) is 0 Å². The Balaban J connectivity index is 3.49. The third kappa shape index (κ3) is 4.01. The van der Waals surface area contributed by atoms with Gasteiger partial charge in [-0.3, -0.25) is 0 Å². The summed E-state index contributed by atoms with van der Waals surface area (Å²) in [5, 5.41) is 0. The van der Waals surface area contributed by atoms with Crippen molar-refractivity contribution >= 4 is 0 Å². The Morgan fingerprint density at radius 2 is 2.22 bits per heavy atom. The van der Waals surface area contributed by atoms with Crippen LogP contribution in [0.25, 0.3) is 0 Å². The van der Waals surface area contributed by atoms with E-state index in [4.69, 9.17) is 16.9 Å². The van der Waals surface area contributed by atoms with E-state index in [2.05, 4.69) is 5.92 Å². The standard InChI is InChI=1S/C7H13NO/c1-4-7(2,3)9-6-5-8/h1H,5-6,8H2,2-3H3. The molecule has 0 unspecified atom stereocenters. The zero-order valence-corrected chi connectivity index (χ0v) is 5.98. The lowest BCUT2D eigenvalue weighted by atomic mass is 10.1. The lowest BCUT2D eigenvalue weighted by Gasteiger charge is -2.17. The predicted octanol–water partition coefficient (Wildman–Crippen LogP) is 0.374. The highest BCUT2D eigenvalue weighted by Crippen LogP contribution is 2.04. The number of terminal acetylenes is 1. The minimum absolute atomic E-state index is 0.459. The van der Waals surface area contributed by atoms with Crippen LogP contribution < -0.4 is 5.73 Å². The molecule has 0 fully saturated rings. The molecule has 52 valence electrons. The third-order valence-corrected chi connectivity index (χ3v) is 0.928. The molecule has 0 radical (unpaired) electrons. The minimum atomic E-state index is -0.459. The Morgan fingerprint density at radius 3 is 2.56 bits per heavy atom. The van der Waals surface area contributed by atoms with Crippen LogP contribution in [0.3, 0.4) is 0 Å². The third-order valence-electron chi connectivity index (χ3n) is 0.928. The summed E-state index contributed by atoms with van der Waals surface area (Å²) in [6, 6.07) is 0. The molecule has 0 aromatic carbocycles. The lowest BCUT2D eigenvalue weighted by molar-refractivity contribution is 0.0324. The van der Waals surface area contributed by atoms with Gasteiger partial charge in [0.1, 0.15) is 5.60 Å². The van der Waals surface area contributed by atoms with Crippen molar-refractivity contribution in [3.8, 4) is 12.3 Å². The Labute approximate surface area is 56.4 Å². The molecule has 0 spiro atoms. The van der Waals surface area contributed by atoms with E-state index < -0.39 is 5.60 Å². The first-order valence-electron chi connectivity index (χ1n) is 2.94. The zero-order valence-electron chi connectivity index (χ0n) is 5.98. The lowest BCUT2D eigenvalue weighted by Crippen LogP contribution is -2.25. The van der Waals surface area contributed by atoms with Crippen molar-refractivity contribution < 1.29 is 4.74 Å². The minimum Gasteiger partial charge on any atom is -0.362 e. The highest BCUT2D eigenvalue weighted by molar-refractivity contribution is 5.02. The smallest absolute Gasteiger partial charge is 0.122 e. The molecule has 2 nitrogen and oxygen atoms in total. The molecule has 2 N–H and O–H groups in total. The maximum atomic E-state index is 5.20. The fourth-order valence-electron chi connectivity index (χ4n) is 0.356. The Kier molecular flexibility index (Phi) is 3.29. The van der Waals surface area contributed by atoms with Crippen LogP contribution in [0.2, 0.25) is 0 Å². The molecule has 0 heterocycles. The van der Waals surface area contributed by atoms with Gasteiger partial charge in [-0.2, -0.15) is 0 Å². The molecule has 0 aliphatic carbocycles. The summed E-state index contributed by atoms with van der Waals surface area (Å²) >= 11 is 0. The van der Waals surface area contributed by atoms with E-state index in [1.807, 2.05) is 13.8 Å². The van der Waals surface area contributed by atoms with Gasteiger partial charge in [-0.1, -0.05) is 5.92 Å². The fraction of sp³-hybridized carbons (Fsp3) is 0.714. The second-order valence-electron chi connectivity index (χ2n) is 2.29. The van der Waals surface area contributed by atoms with E-state index in [0.29, 0.717) is 13.2 Å². The molecular formula is C7H13NO. The molecule has 2 heteroatoms. The zero-order chi connectivity index (χ0) is 7.33. The molecule has 0 atom stereocenters. The van der Waals surface area contributed by atoms with Gasteiger partial charge in [0.25, 0.3) is 0 Å². The number of rotatable bonds is 3. The van der Waals surface area contributed by atoms with Gasteiger partial charge < -0.3 is 10.5 Å². The van der Waals surface area contributed by atoms with Crippen LogP contribution in [0.15, 0.2) is 0 Å². The van der Waals surface area contributed by atoms with Gasteiger partial charge in [0.05, 0.1) is 6.61 Å². The summed E-state index contributed by atoms with van der Waals surface area (Å²) in [4.78, 5) is 0. The van der Waals surface area contributed by atoms with E-state index in [0.717, 1.165) is 0 Å². The van der Waals surface area contributed by atoms with Crippen LogP contribution in [0, 0.1) is 12.3 Å². The second kappa shape index (κ2) is 3.49. The van der Waals surface area contributed by atoms with Gasteiger partial charge in [0.2, 0.25) is 0 Å². The van der Waals surface area contributed by atoms with E-state index in [-0.39, 0.29) is 0 Å². The highest BCUT2D eigenvalue weighted by Gasteiger charge is 2.11. The second-order valence-corrected chi connectivity index (χ2v) is 2.29. The monoisotopic (exact) mass is 127 g/mol. The molecule has 0 saturated heterocycles. The van der Waals surface area contributed by atoms with Crippen LogP contribution in [0.1, 0.15) is 13.8 Å². The van der Waals surface area contributed by atoms with E-state index in [9.17, 15) is 0 Å². The first-order chi connectivity index (χ1) is 4.12. The van der Waals surface area contributed by atoms with Gasteiger partial charge in [0, 0.05) is 6.54 Å². The van der Waals surface area contributed by atoms with Crippen LogP contribution in [-0.2, 0) is 4.74 Å². The summed E-state index contributed by atoms with van der Waals surface area (Å²) in [5.41, 5.74) is 4.74. The summed E-state index contributed by atoms with van der Waals surface area (Å²) in [7, 11) is 0. The number of hydrogen-bond donors (Lipinski definition) is 1. The number of hydrogen-bond acceptors (Lipinski definition) is 2. The maximum absolute atomic E-state index is 5.20. The topological polar surface area (TPSA) is 35.2 Å². The summed E-state index contributed by atoms with van der Waals surface area (Å²) in [5.74, 6) is 2.50. The summed E-state index contributed by atoms with van der Waals surface area (Å²) in [6.45, 7) is 4.72. The largest absolute Gasteiger partial charge is 0.362 e. The first-order valence-corrected chi connectivity index (χ1v) is 2.94. The van der Waals surface area contributed by atoms with Gasteiger partial charge in [0.15, 0.2) is 0 Å². The number of ether oxygens (including phenoxy) is 1. The summed E-state index contributed by atoms with van der Waals surface area (Å²) in [6.07, 6.45) is 5.13. The van der Waals surface area contributed by atoms with Crippen molar-refractivity contribution in [2.75, 3.05) is 13.2 Å². The van der Waals surface area contributed by atoms with Gasteiger partial charge >= 0.3 is 0 Å². The predicted molar refractivity (Wildman–Crippen MR) is 37.9 cm³/mol. The molecule has 0 aliphatic heterocycles. The average molecular weight is 127 g/mol. The molecule has 0 aromatic rings. The van der Waals surface area contributed by atoms with Gasteiger partial charge in [-0.15, -0.1) is 6.42 Å². The maximum Gasteiger partial charge on any atom is 0.122 e. The average Bonchev–Trinajstić information content (AvgIpc) is 1.84. The van der Waals surface area contributed by atoms with Crippen molar-refractivity contribution in [2.45, 2.75) is 19.4 Å². The van der Waals surface area contributed by atoms with Crippen molar-refractivity contribution in [3.05, 3.63) is 0 Å². The Hall–Kier alpha value is -0.520. The van der Waals surface area contributed by atoms with Gasteiger partial charge in [-0.05, 0) is 13.8 Å². The molecule has 0 saturated carbocycles. The Morgan fingerprint density at radius 1 is 1.67 bits per heavy atom. The van der Waals surface area contributed by atoms with Crippen LogP contribution in [0.5, 0.6) is 0 Å². The highest BCUT2D eigenvalue weighted by atomic mass is 16.5. The molecule has 0 amide bonds. The van der Waals surface area contributed by atoms with Crippen LogP contribution in [-0.4, -0.2) is 18.8 Å². The SMILES string of the molecule is C#CC(C)(C)OCCN. The van der Waals surface area contributed by atoms with Crippen molar-refractivity contribution in [2.24, 2.45) is 5.73 Å². The molecular weight excluding hydrogens is 114 g/mol. The molecule has 0 bridgehead atoms. The Bertz CT molecular complexity index is 113. The normalized spacial score (nSPS) is 10.9. The van der Waals surface area contributed by atoms with Crippen molar-refractivity contribution in [3.63, 3.8) is 0 Å². The molecule has 0 aromatic heterocycles.